The summed E-state index contributed by atoms with van der Waals surface area (Å²) in [6.45, 7) is 6.71. The van der Waals surface area contributed by atoms with Gasteiger partial charge < -0.3 is 20.9 Å². The third kappa shape index (κ3) is 4.00. The first-order chi connectivity index (χ1) is 16.7. The lowest BCUT2D eigenvalue weighted by molar-refractivity contribution is -0.0172. The van der Waals surface area contributed by atoms with Crippen LogP contribution in [0.4, 0.5) is 11.4 Å². The van der Waals surface area contributed by atoms with Gasteiger partial charge in [0, 0.05) is 17.4 Å². The average Bonchev–Trinajstić information content (AvgIpc) is 3.11. The zero-order chi connectivity index (χ0) is 25.4. The Morgan fingerprint density at radius 2 is 1.34 bits per heavy atom. The van der Waals surface area contributed by atoms with Gasteiger partial charge in [-0.3, -0.25) is 23.7 Å². The maximum Gasteiger partial charge on any atom is 0.264 e. The quantitative estimate of drug-likeness (QED) is 0.161. The van der Waals surface area contributed by atoms with Crippen LogP contribution in [0.1, 0.15) is 39.7 Å². The van der Waals surface area contributed by atoms with Crippen LogP contribution < -0.4 is 33.4 Å². The molecule has 4 rings (SSSR count). The molecule has 0 amide bonds. The number of benzene rings is 3. The lowest BCUT2D eigenvalue weighted by Crippen LogP contribution is -2.32. The van der Waals surface area contributed by atoms with Gasteiger partial charge in [0.1, 0.15) is 0 Å². The Morgan fingerprint density at radius 3 is 1.83 bits per heavy atom. The van der Waals surface area contributed by atoms with Gasteiger partial charge >= 0.3 is 0 Å². The van der Waals surface area contributed by atoms with Crippen molar-refractivity contribution < 1.29 is 9.47 Å². The van der Waals surface area contributed by atoms with Gasteiger partial charge in [-0.1, -0.05) is 37.6 Å². The third-order valence-electron chi connectivity index (χ3n) is 6.37. The highest BCUT2D eigenvalue weighted by atomic mass is 16.5. The summed E-state index contributed by atoms with van der Waals surface area (Å²) >= 11 is 0. The summed E-state index contributed by atoms with van der Waals surface area (Å²) in [5, 5.41) is -0.184. The van der Waals surface area contributed by atoms with E-state index in [9.17, 15) is 19.2 Å². The topological polar surface area (TPSA) is 144 Å². The number of nitrogen functional groups attached to an aromatic ring is 2. The minimum Gasteiger partial charge on any atom is -0.397 e. The van der Waals surface area contributed by atoms with E-state index in [2.05, 4.69) is 6.92 Å². The lowest BCUT2D eigenvalue weighted by Gasteiger charge is -2.17. The van der Waals surface area contributed by atoms with Crippen LogP contribution in [0.2, 0.25) is 0 Å². The Balaban J connectivity index is 1.82. The number of ether oxygens (including phenoxy) is 2. The molecule has 35 heavy (non-hydrogen) atoms. The molecule has 9 heteroatoms. The molecule has 0 fully saturated rings. The molecular formula is C26H29N3O6. The van der Waals surface area contributed by atoms with Crippen LogP contribution >= 0.6 is 0 Å². The smallest absolute Gasteiger partial charge is 0.264 e. The molecule has 0 saturated heterocycles. The molecule has 2 unspecified atom stereocenters. The second-order valence-corrected chi connectivity index (χ2v) is 8.93. The average molecular weight is 480 g/mol. The summed E-state index contributed by atoms with van der Waals surface area (Å²) in [6.07, 6.45) is 1.76. The minimum absolute atomic E-state index is 0.0760. The zero-order valence-electron chi connectivity index (χ0n) is 20.1. The van der Waals surface area contributed by atoms with Crippen LogP contribution in [0, 0.1) is 0 Å². The fraction of sp³-hybridized carbons (Fsp3) is 0.385. The summed E-state index contributed by atoms with van der Waals surface area (Å²) in [5.41, 5.74) is 9.79. The summed E-state index contributed by atoms with van der Waals surface area (Å²) in [6, 6.07) is 5.67. The van der Waals surface area contributed by atoms with E-state index in [0.717, 1.165) is 17.4 Å². The molecule has 2 atom stereocenters. The predicted octanol–water partition coefficient (Wildman–Crippen LogP) is 2.21. The molecule has 0 aliphatic heterocycles. The number of hydrogen-bond donors (Lipinski definition) is 2. The second kappa shape index (κ2) is 9.59. The van der Waals surface area contributed by atoms with E-state index in [4.69, 9.17) is 20.9 Å². The maximum atomic E-state index is 13.3. The Kier molecular flexibility index (Phi) is 6.73. The maximum absolute atomic E-state index is 13.3. The van der Waals surface area contributed by atoms with Crippen LogP contribution in [0.3, 0.4) is 0 Å². The molecule has 0 aliphatic carbocycles. The van der Waals surface area contributed by atoms with E-state index in [0.29, 0.717) is 13.2 Å². The van der Waals surface area contributed by atoms with Gasteiger partial charge in [-0.25, -0.2) is 0 Å². The number of rotatable bonds is 9. The molecule has 4 aromatic rings. The van der Waals surface area contributed by atoms with Crippen molar-refractivity contribution in [2.45, 2.75) is 45.8 Å². The summed E-state index contributed by atoms with van der Waals surface area (Å²) < 4.78 is 12.4. The van der Waals surface area contributed by atoms with Crippen LogP contribution in [0.5, 0.6) is 0 Å². The van der Waals surface area contributed by atoms with Crippen molar-refractivity contribution in [3.8, 4) is 0 Å². The standard InChI is InChI=1S/C26H29N3O6/c1-4-5-10-34-12-14(3)35-11-13(2)29-25(32)19-20(26(29)33)22(28)18-17(21(19)27)23(30)15-8-6-7-9-16(15)24(18)31/h6-9,13-14H,4-5,10-12,27-28H2,1-3H3. The number of unbranched alkanes of at least 4 members (excludes halogenated alkanes) is 1. The molecule has 3 aromatic carbocycles. The highest BCUT2D eigenvalue weighted by Gasteiger charge is 2.27. The molecular weight excluding hydrogens is 450 g/mol. The summed E-state index contributed by atoms with van der Waals surface area (Å²) in [7, 11) is 0. The van der Waals surface area contributed by atoms with Gasteiger partial charge in [-0.05, 0) is 20.3 Å². The van der Waals surface area contributed by atoms with E-state index in [-0.39, 0.29) is 56.4 Å². The van der Waals surface area contributed by atoms with Gasteiger partial charge in [0.25, 0.3) is 11.1 Å². The number of anilines is 2. The van der Waals surface area contributed by atoms with E-state index < -0.39 is 28.0 Å². The fourth-order valence-electron chi connectivity index (χ4n) is 4.51. The van der Waals surface area contributed by atoms with Crippen LogP contribution in [-0.4, -0.2) is 30.5 Å². The minimum atomic E-state index is -0.668. The second-order valence-electron chi connectivity index (χ2n) is 8.93. The Labute approximate surface area is 200 Å². The lowest BCUT2D eigenvalue weighted by atomic mass is 9.97. The first-order valence-corrected chi connectivity index (χ1v) is 11.7. The SMILES string of the molecule is CCCCOCC(C)OCC(C)n1c(=O)c2c(N)c3c(=O)c4ccccc4c(=O)c3c(N)c2c1=O. The van der Waals surface area contributed by atoms with Gasteiger partial charge in [0.2, 0.25) is 0 Å². The highest BCUT2D eigenvalue weighted by molar-refractivity contribution is 6.20. The van der Waals surface area contributed by atoms with Crippen molar-refractivity contribution in [1.82, 2.24) is 4.57 Å². The van der Waals surface area contributed by atoms with Crippen molar-refractivity contribution in [3.05, 3.63) is 65.4 Å². The van der Waals surface area contributed by atoms with Crippen LogP contribution in [0.15, 0.2) is 43.4 Å². The Bertz CT molecular complexity index is 1530. The zero-order valence-corrected chi connectivity index (χ0v) is 20.1. The van der Waals surface area contributed by atoms with E-state index in [1.165, 1.54) is 12.1 Å². The molecule has 0 saturated carbocycles. The largest absolute Gasteiger partial charge is 0.397 e. The number of fused-ring (bicyclic) bond motifs is 3. The van der Waals surface area contributed by atoms with Crippen molar-refractivity contribution in [3.63, 3.8) is 0 Å². The summed E-state index contributed by atoms with van der Waals surface area (Å²) in [5.74, 6) is 0. The first-order valence-electron chi connectivity index (χ1n) is 11.7. The van der Waals surface area contributed by atoms with Gasteiger partial charge in [0.15, 0.2) is 10.9 Å². The molecule has 184 valence electrons. The molecule has 1 heterocycles. The highest BCUT2D eigenvalue weighted by Crippen LogP contribution is 2.31. The molecule has 0 aliphatic rings. The number of hydrogen-bond acceptors (Lipinski definition) is 8. The predicted molar refractivity (Wildman–Crippen MR) is 139 cm³/mol. The van der Waals surface area contributed by atoms with Crippen molar-refractivity contribution in [2.24, 2.45) is 0 Å². The van der Waals surface area contributed by atoms with Gasteiger partial charge in [-0.15, -0.1) is 0 Å². The Hall–Kier alpha value is -3.56. The molecule has 9 nitrogen and oxygen atoms in total. The number of nitrogens with zero attached hydrogens (tertiary/aromatic N) is 1. The van der Waals surface area contributed by atoms with Crippen LogP contribution in [-0.2, 0) is 9.47 Å². The van der Waals surface area contributed by atoms with E-state index in [1.54, 1.807) is 19.1 Å². The first kappa shape index (κ1) is 24.6. The van der Waals surface area contributed by atoms with Crippen LogP contribution in [0.25, 0.3) is 32.3 Å². The number of nitrogens with two attached hydrogens (primary N) is 2. The van der Waals surface area contributed by atoms with E-state index in [1.807, 2.05) is 6.92 Å². The normalized spacial score (nSPS) is 13.7. The van der Waals surface area contributed by atoms with Crippen molar-refractivity contribution in [2.75, 3.05) is 31.3 Å². The molecule has 1 aromatic heterocycles. The van der Waals surface area contributed by atoms with Crippen molar-refractivity contribution >= 4 is 43.7 Å². The fourth-order valence-corrected chi connectivity index (χ4v) is 4.51. The van der Waals surface area contributed by atoms with E-state index >= 15 is 0 Å². The summed E-state index contributed by atoms with van der Waals surface area (Å²) in [4.78, 5) is 53.1. The monoisotopic (exact) mass is 479 g/mol. The van der Waals surface area contributed by atoms with Crippen molar-refractivity contribution in [1.29, 1.82) is 0 Å². The molecule has 4 N–H and O–H groups in total. The van der Waals surface area contributed by atoms with Gasteiger partial charge in [-0.2, -0.15) is 0 Å². The molecule has 0 spiro atoms. The Morgan fingerprint density at radius 1 is 0.829 bits per heavy atom. The molecule has 0 radical (unpaired) electrons. The molecule has 0 bridgehead atoms. The van der Waals surface area contributed by atoms with Gasteiger partial charge in [0.05, 0.1) is 58.3 Å². The number of aromatic nitrogens is 1. The third-order valence-corrected chi connectivity index (χ3v) is 6.37.